The van der Waals surface area contributed by atoms with Crippen molar-refractivity contribution in [2.45, 2.75) is 25.7 Å². The fourth-order valence-electron chi connectivity index (χ4n) is 3.33. The van der Waals surface area contributed by atoms with E-state index in [1.54, 1.807) is 0 Å². The Bertz CT molecular complexity index is 853. The van der Waals surface area contributed by atoms with E-state index in [9.17, 15) is 0 Å². The largest absolute Gasteiger partial charge is 0.329 e. The van der Waals surface area contributed by atoms with E-state index in [-0.39, 0.29) is 12.4 Å². The summed E-state index contributed by atoms with van der Waals surface area (Å²) in [5.41, 5.74) is 4.61. The highest BCUT2D eigenvalue weighted by Gasteiger charge is 2.21. The van der Waals surface area contributed by atoms with Gasteiger partial charge in [0.15, 0.2) is 0 Å². The van der Waals surface area contributed by atoms with Crippen LogP contribution in [0.15, 0.2) is 60.7 Å². The third-order valence-corrected chi connectivity index (χ3v) is 4.65. The van der Waals surface area contributed by atoms with Gasteiger partial charge in [0.2, 0.25) is 5.95 Å². The molecule has 0 radical (unpaired) electrons. The topological polar surface area (TPSA) is 41.1 Å². The van der Waals surface area contributed by atoms with Gasteiger partial charge < -0.3 is 10.2 Å². The van der Waals surface area contributed by atoms with Crippen LogP contribution in [0, 0.1) is 0 Å². The average Bonchev–Trinajstić information content (AvgIpc) is 2.68. The van der Waals surface area contributed by atoms with Crippen LogP contribution in [0.3, 0.4) is 0 Å². The molecule has 4 nitrogen and oxygen atoms in total. The standard InChI is InChI=1S/C21H22N4.ClH/c1-25(17-12-6-3-7-13-17)20-18-14-8-9-15-19(18)23-21(24-20)22-16-10-4-2-5-11-16;/h2-7,10-13H,8-9,14-15H2,1H3,(H,22,23,24);1H. The van der Waals surface area contributed by atoms with Crippen LogP contribution in [0.2, 0.25) is 0 Å². The van der Waals surface area contributed by atoms with Crippen LogP contribution in [-0.2, 0) is 12.8 Å². The molecule has 5 heteroatoms. The molecule has 1 heterocycles. The van der Waals surface area contributed by atoms with Gasteiger partial charge in [0.05, 0.1) is 5.69 Å². The third kappa shape index (κ3) is 3.81. The quantitative estimate of drug-likeness (QED) is 0.681. The van der Waals surface area contributed by atoms with Crippen molar-refractivity contribution in [3.63, 3.8) is 0 Å². The number of nitrogens with one attached hydrogen (secondary N) is 1. The van der Waals surface area contributed by atoms with Crippen molar-refractivity contribution in [2.24, 2.45) is 0 Å². The molecule has 3 aromatic rings. The molecular formula is C21H23ClN4. The van der Waals surface area contributed by atoms with Crippen molar-refractivity contribution in [3.8, 4) is 0 Å². The number of rotatable bonds is 4. The smallest absolute Gasteiger partial charge is 0.229 e. The van der Waals surface area contributed by atoms with Gasteiger partial charge >= 0.3 is 0 Å². The van der Waals surface area contributed by atoms with Gasteiger partial charge in [0.25, 0.3) is 0 Å². The molecule has 0 amide bonds. The summed E-state index contributed by atoms with van der Waals surface area (Å²) >= 11 is 0. The van der Waals surface area contributed by atoms with Gasteiger partial charge in [0.1, 0.15) is 5.82 Å². The molecule has 0 saturated carbocycles. The van der Waals surface area contributed by atoms with Crippen LogP contribution in [0.4, 0.5) is 23.1 Å². The zero-order chi connectivity index (χ0) is 17.1. The zero-order valence-electron chi connectivity index (χ0n) is 14.9. The lowest BCUT2D eigenvalue weighted by atomic mass is 9.96. The van der Waals surface area contributed by atoms with Crippen molar-refractivity contribution >= 4 is 35.5 Å². The molecule has 0 spiro atoms. The molecule has 1 aliphatic carbocycles. The van der Waals surface area contributed by atoms with Crippen molar-refractivity contribution in [3.05, 3.63) is 71.9 Å². The second-order valence-corrected chi connectivity index (χ2v) is 6.39. The first kappa shape index (κ1) is 18.2. The normalized spacial score (nSPS) is 12.7. The summed E-state index contributed by atoms with van der Waals surface area (Å²) in [6.07, 6.45) is 4.48. The molecule has 0 atom stereocenters. The Morgan fingerprint density at radius 3 is 2.23 bits per heavy atom. The summed E-state index contributed by atoms with van der Waals surface area (Å²) in [5.74, 6) is 1.68. The van der Waals surface area contributed by atoms with Gasteiger partial charge in [-0.05, 0) is 49.9 Å². The lowest BCUT2D eigenvalue weighted by Gasteiger charge is -2.26. The van der Waals surface area contributed by atoms with E-state index in [0.717, 1.165) is 30.0 Å². The van der Waals surface area contributed by atoms with Gasteiger partial charge in [-0.2, -0.15) is 4.98 Å². The lowest BCUT2D eigenvalue weighted by Crippen LogP contribution is -2.19. The summed E-state index contributed by atoms with van der Waals surface area (Å²) in [7, 11) is 2.08. The second-order valence-electron chi connectivity index (χ2n) is 6.39. The number of aryl methyl sites for hydroxylation is 1. The van der Waals surface area contributed by atoms with Crippen molar-refractivity contribution in [1.82, 2.24) is 9.97 Å². The minimum Gasteiger partial charge on any atom is -0.329 e. The first-order valence-electron chi connectivity index (χ1n) is 8.82. The molecule has 0 unspecified atom stereocenters. The monoisotopic (exact) mass is 366 g/mol. The Kier molecular flexibility index (Phi) is 5.74. The number of benzene rings is 2. The molecule has 1 N–H and O–H groups in total. The Morgan fingerprint density at radius 2 is 1.50 bits per heavy atom. The number of fused-ring (bicyclic) bond motifs is 1. The van der Waals surface area contributed by atoms with Gasteiger partial charge in [-0.1, -0.05) is 36.4 Å². The van der Waals surface area contributed by atoms with Crippen LogP contribution >= 0.6 is 12.4 Å². The van der Waals surface area contributed by atoms with Crippen LogP contribution in [0.1, 0.15) is 24.1 Å². The predicted octanol–water partition coefficient (Wildman–Crippen LogP) is 5.29. The summed E-state index contributed by atoms with van der Waals surface area (Å²) in [6, 6.07) is 20.5. The molecule has 2 aromatic carbocycles. The van der Waals surface area contributed by atoms with E-state index < -0.39 is 0 Å². The molecule has 0 bridgehead atoms. The number of hydrogen-bond acceptors (Lipinski definition) is 4. The maximum Gasteiger partial charge on any atom is 0.229 e. The summed E-state index contributed by atoms with van der Waals surface area (Å²) in [5, 5.41) is 3.35. The van der Waals surface area contributed by atoms with E-state index in [4.69, 9.17) is 9.97 Å². The number of halogens is 1. The van der Waals surface area contributed by atoms with Crippen molar-refractivity contribution in [2.75, 3.05) is 17.3 Å². The number of nitrogens with zero attached hydrogens (tertiary/aromatic N) is 3. The molecule has 4 rings (SSSR count). The number of hydrogen-bond donors (Lipinski definition) is 1. The molecule has 134 valence electrons. The van der Waals surface area contributed by atoms with E-state index >= 15 is 0 Å². The second kappa shape index (κ2) is 8.19. The van der Waals surface area contributed by atoms with E-state index in [1.165, 1.54) is 24.1 Å². The highest BCUT2D eigenvalue weighted by Crippen LogP contribution is 2.32. The van der Waals surface area contributed by atoms with E-state index in [1.807, 2.05) is 36.4 Å². The molecule has 0 fully saturated rings. The summed E-state index contributed by atoms with van der Waals surface area (Å²) in [6.45, 7) is 0. The fourth-order valence-corrected chi connectivity index (χ4v) is 3.33. The maximum atomic E-state index is 4.86. The van der Waals surface area contributed by atoms with Gasteiger partial charge in [-0.3, -0.25) is 0 Å². The van der Waals surface area contributed by atoms with Crippen LogP contribution in [-0.4, -0.2) is 17.0 Å². The SMILES string of the molecule is CN(c1ccccc1)c1nc(Nc2ccccc2)nc2c1CCCC2.Cl. The predicted molar refractivity (Wildman–Crippen MR) is 110 cm³/mol. The Hall–Kier alpha value is -2.59. The fraction of sp³-hybridized carbons (Fsp3) is 0.238. The van der Waals surface area contributed by atoms with Crippen LogP contribution in [0.5, 0.6) is 0 Å². The molecule has 0 saturated heterocycles. The van der Waals surface area contributed by atoms with Crippen molar-refractivity contribution < 1.29 is 0 Å². The maximum absolute atomic E-state index is 4.86. The van der Waals surface area contributed by atoms with Crippen LogP contribution < -0.4 is 10.2 Å². The minimum atomic E-state index is 0. The molecule has 0 aliphatic heterocycles. The Labute approximate surface area is 160 Å². The molecular weight excluding hydrogens is 344 g/mol. The van der Waals surface area contributed by atoms with Crippen LogP contribution in [0.25, 0.3) is 0 Å². The van der Waals surface area contributed by atoms with Gasteiger partial charge in [-0.25, -0.2) is 4.98 Å². The number of anilines is 4. The molecule has 1 aromatic heterocycles. The molecule has 26 heavy (non-hydrogen) atoms. The van der Waals surface area contributed by atoms with Crippen molar-refractivity contribution in [1.29, 1.82) is 0 Å². The van der Waals surface area contributed by atoms with E-state index in [2.05, 4.69) is 41.5 Å². The summed E-state index contributed by atoms with van der Waals surface area (Å²) < 4.78 is 0. The zero-order valence-corrected chi connectivity index (χ0v) is 15.7. The highest BCUT2D eigenvalue weighted by molar-refractivity contribution is 5.85. The Balaban J connectivity index is 0.00000196. The number of aromatic nitrogens is 2. The lowest BCUT2D eigenvalue weighted by molar-refractivity contribution is 0.663. The average molecular weight is 367 g/mol. The van der Waals surface area contributed by atoms with Gasteiger partial charge in [0, 0.05) is 24.0 Å². The Morgan fingerprint density at radius 1 is 0.846 bits per heavy atom. The minimum absolute atomic E-state index is 0. The number of para-hydroxylation sites is 2. The first-order chi connectivity index (χ1) is 12.3. The van der Waals surface area contributed by atoms with E-state index in [0.29, 0.717) is 5.95 Å². The highest BCUT2D eigenvalue weighted by atomic mass is 35.5. The summed E-state index contributed by atoms with van der Waals surface area (Å²) in [4.78, 5) is 11.8. The molecule has 1 aliphatic rings. The van der Waals surface area contributed by atoms with Gasteiger partial charge in [-0.15, -0.1) is 12.4 Å². The first-order valence-corrected chi connectivity index (χ1v) is 8.82. The third-order valence-electron chi connectivity index (χ3n) is 4.65.